The first-order valence-electron chi connectivity index (χ1n) is 26.4. The molecule has 6 fully saturated rings. The standard InChI is InChI=1S/C46H76N2O37/c1-11(54)47-21-13(56)3-45(43(71)72,83-36(21)24(61)15(58)5-49)75-10-20-27(64)35(82-42-32(69)38(26(63)17(7-51)77-42)85-46(44(73)74)4-14(57)23(60)37(84-46)25(62)16(59)6-50)22(48-12(2)55)40(79-20)80-34-19(9-53)78-41(31(68)29(34)66)81-33-18(8-52)76-39(70)30(67)28(33)65/h13-42,49-53,56-70H,3-10H2,1-2H3,(H,47,54)(H,48,55)(H,71,72)(H,73,74)/t13-,14-,15+,16+,17+,18+,19+,20+,21+,22+,23+,24+,25+,26-,27-,28+,29+,30+,31+,32+,33+,34-,35+,36+,37+,38-,39+,40-,41-,42-,45+,46-/m0/s1. The summed E-state index contributed by atoms with van der Waals surface area (Å²) in [5.74, 6) is -12.7. The Morgan fingerprint density at radius 1 is 0.482 bits per heavy atom. The lowest BCUT2D eigenvalue weighted by Gasteiger charge is -2.51. The molecule has 0 aromatic heterocycles. The minimum atomic E-state index is -3.33. The summed E-state index contributed by atoms with van der Waals surface area (Å²) in [4.78, 5) is 51.5. The van der Waals surface area contributed by atoms with Crippen LogP contribution in [0.1, 0.15) is 26.7 Å². The van der Waals surface area contributed by atoms with E-state index in [0.717, 1.165) is 13.8 Å². The van der Waals surface area contributed by atoms with E-state index in [1.165, 1.54) is 0 Å². The summed E-state index contributed by atoms with van der Waals surface area (Å²) in [5, 5.41) is 240. The van der Waals surface area contributed by atoms with Crippen LogP contribution in [-0.4, -0.2) is 371 Å². The van der Waals surface area contributed by atoms with Crippen LogP contribution in [0.5, 0.6) is 0 Å². The van der Waals surface area contributed by atoms with Gasteiger partial charge in [0.1, 0.15) is 140 Å². The monoisotopic (exact) mass is 1250 g/mol. The number of hydrogen-bond donors (Lipinski definition) is 24. The van der Waals surface area contributed by atoms with Gasteiger partial charge < -0.3 is 175 Å². The molecule has 6 rings (SSSR count). The Balaban J connectivity index is 1.39. The molecule has 0 unspecified atom stereocenters. The van der Waals surface area contributed by atoms with Crippen molar-refractivity contribution in [2.75, 3.05) is 39.6 Å². The molecule has 39 nitrogen and oxygen atoms in total. The van der Waals surface area contributed by atoms with E-state index in [2.05, 4.69) is 10.6 Å². The van der Waals surface area contributed by atoms with E-state index in [1.54, 1.807) is 0 Å². The number of carbonyl (C=O) groups is 4. The molecular weight excluding hydrogens is 1170 g/mol. The van der Waals surface area contributed by atoms with Gasteiger partial charge in [0.25, 0.3) is 11.6 Å². The molecule has 2 amide bonds. The number of aliphatic hydroxyl groups is 20. The van der Waals surface area contributed by atoms with Crippen molar-refractivity contribution < 1.29 is 184 Å². The van der Waals surface area contributed by atoms with Crippen LogP contribution in [0.3, 0.4) is 0 Å². The molecule has 24 N–H and O–H groups in total. The van der Waals surface area contributed by atoms with Crippen molar-refractivity contribution in [3.05, 3.63) is 0 Å². The van der Waals surface area contributed by atoms with E-state index in [4.69, 9.17) is 52.1 Å². The third kappa shape index (κ3) is 15.1. The number of ether oxygens (including phenoxy) is 11. The van der Waals surface area contributed by atoms with E-state index in [-0.39, 0.29) is 0 Å². The third-order valence-corrected chi connectivity index (χ3v) is 15.2. The lowest BCUT2D eigenvalue weighted by molar-refractivity contribution is -0.393. The molecule has 6 heterocycles. The fraction of sp³-hybridized carbons (Fsp3) is 0.913. The van der Waals surface area contributed by atoms with Crippen molar-refractivity contribution in [1.82, 2.24) is 10.6 Å². The van der Waals surface area contributed by atoms with Crippen molar-refractivity contribution in [2.24, 2.45) is 0 Å². The molecule has 6 aliphatic heterocycles. The molecule has 492 valence electrons. The smallest absolute Gasteiger partial charge is 0.364 e. The summed E-state index contributed by atoms with van der Waals surface area (Å²) in [6.45, 7) is -5.32. The highest BCUT2D eigenvalue weighted by Crippen LogP contribution is 2.41. The third-order valence-electron chi connectivity index (χ3n) is 15.2. The lowest BCUT2D eigenvalue weighted by Crippen LogP contribution is -2.71. The molecule has 0 bridgehead atoms. The largest absolute Gasteiger partial charge is 0.477 e. The number of carboxylic acids is 2. The second-order valence-corrected chi connectivity index (χ2v) is 21.1. The quantitative estimate of drug-likeness (QED) is 0.0427. The Hall–Kier alpha value is -3.36. The lowest BCUT2D eigenvalue weighted by atomic mass is 9.88. The van der Waals surface area contributed by atoms with Gasteiger partial charge in [0.15, 0.2) is 25.2 Å². The molecule has 39 heteroatoms. The summed E-state index contributed by atoms with van der Waals surface area (Å²) in [7, 11) is 0. The van der Waals surface area contributed by atoms with Crippen molar-refractivity contribution in [1.29, 1.82) is 0 Å². The first-order chi connectivity index (χ1) is 39.9. The van der Waals surface area contributed by atoms with Crippen molar-refractivity contribution in [2.45, 2.75) is 222 Å². The van der Waals surface area contributed by atoms with E-state index in [0.29, 0.717) is 0 Å². The normalized spacial score (nSPS) is 45.9. The molecule has 0 spiro atoms. The number of rotatable bonds is 24. The van der Waals surface area contributed by atoms with E-state index in [1.807, 2.05) is 0 Å². The number of carbonyl (C=O) groups excluding carboxylic acids is 2. The first-order valence-corrected chi connectivity index (χ1v) is 26.4. The fourth-order valence-corrected chi connectivity index (χ4v) is 10.6. The van der Waals surface area contributed by atoms with Gasteiger partial charge in [0.2, 0.25) is 11.8 Å². The number of aliphatic hydroxyl groups excluding tert-OH is 20. The van der Waals surface area contributed by atoms with Crippen molar-refractivity contribution in [3.8, 4) is 0 Å². The molecule has 6 aliphatic rings. The number of nitrogens with one attached hydrogen (secondary N) is 2. The highest BCUT2D eigenvalue weighted by atomic mass is 16.8. The second kappa shape index (κ2) is 29.5. The van der Waals surface area contributed by atoms with Crippen LogP contribution in [0.4, 0.5) is 0 Å². The van der Waals surface area contributed by atoms with Crippen LogP contribution in [0.2, 0.25) is 0 Å². The van der Waals surface area contributed by atoms with Crippen molar-refractivity contribution >= 4 is 23.8 Å². The van der Waals surface area contributed by atoms with Gasteiger partial charge >= 0.3 is 11.9 Å². The van der Waals surface area contributed by atoms with Crippen LogP contribution in [0.25, 0.3) is 0 Å². The van der Waals surface area contributed by atoms with Crippen molar-refractivity contribution in [3.63, 3.8) is 0 Å². The first kappa shape index (κ1) is 70.7. The molecule has 0 saturated carbocycles. The van der Waals surface area contributed by atoms with Crippen LogP contribution in [0, 0.1) is 0 Å². The molecule has 85 heavy (non-hydrogen) atoms. The zero-order valence-electron chi connectivity index (χ0n) is 44.9. The highest BCUT2D eigenvalue weighted by molar-refractivity contribution is 5.77. The average Bonchev–Trinajstić information content (AvgIpc) is 2.33. The maximum Gasteiger partial charge on any atom is 0.364 e. The van der Waals surface area contributed by atoms with Gasteiger partial charge in [0.05, 0.1) is 57.9 Å². The Bertz CT molecular complexity index is 2190. The fourth-order valence-electron chi connectivity index (χ4n) is 10.6. The Morgan fingerprint density at radius 3 is 1.47 bits per heavy atom. The van der Waals surface area contributed by atoms with Gasteiger partial charge in [-0.2, -0.15) is 0 Å². The maximum atomic E-state index is 13.2. The molecule has 0 radical (unpaired) electrons. The van der Waals surface area contributed by atoms with Gasteiger partial charge in [-0.1, -0.05) is 0 Å². The number of aliphatic carboxylic acids is 2. The zero-order chi connectivity index (χ0) is 63.5. The number of amides is 2. The molecule has 0 aromatic carbocycles. The minimum absolute atomic E-state index is 0.864. The summed E-state index contributed by atoms with van der Waals surface area (Å²) >= 11 is 0. The number of hydrogen-bond acceptors (Lipinski definition) is 35. The van der Waals surface area contributed by atoms with Crippen LogP contribution in [0.15, 0.2) is 0 Å². The number of carboxylic acid groups (broad SMARTS) is 2. The molecule has 6 saturated heterocycles. The van der Waals surface area contributed by atoms with E-state index in [9.17, 15) is 132 Å². The Labute approximate surface area is 479 Å². The summed E-state index contributed by atoms with van der Waals surface area (Å²) in [6.07, 6.45) is -63.9. The summed E-state index contributed by atoms with van der Waals surface area (Å²) in [5.41, 5.74) is 0. The Morgan fingerprint density at radius 2 is 0.929 bits per heavy atom. The summed E-state index contributed by atoms with van der Waals surface area (Å²) < 4.78 is 62.6. The molecule has 0 aliphatic carbocycles. The van der Waals surface area contributed by atoms with E-state index >= 15 is 0 Å². The van der Waals surface area contributed by atoms with Gasteiger partial charge in [-0.25, -0.2) is 9.59 Å². The van der Waals surface area contributed by atoms with Crippen LogP contribution >= 0.6 is 0 Å². The van der Waals surface area contributed by atoms with Gasteiger partial charge in [-0.15, -0.1) is 0 Å². The highest BCUT2D eigenvalue weighted by Gasteiger charge is 2.62. The van der Waals surface area contributed by atoms with Gasteiger partial charge in [-0.3, -0.25) is 9.59 Å². The zero-order valence-corrected chi connectivity index (χ0v) is 44.9. The topological polar surface area (TPSA) is 639 Å². The second-order valence-electron chi connectivity index (χ2n) is 21.1. The maximum absolute atomic E-state index is 13.2. The summed E-state index contributed by atoms with van der Waals surface area (Å²) in [6, 6.07) is -3.82. The SMILES string of the molecule is CC(=O)N[C@H]1[C@H](O[C@@H]2[C@H](O)[C@@H](O)[C@H](O[C@H]3[C@H](O)[C@@H](O)[C@H](O)O[C@@H]3CO)O[C@@H]2CO)O[C@H](CO[C@]2(C(=O)O)C[C@H](O)[C@@H](NC(C)=O)[C@H]([C@H](O)[C@H](O)CO)O2)[C@H](O)[C@@H]1O[C@@H]1O[C@H](CO)[C@H](O)[C@H](O[C@]2(C(=O)O)C[C@H](O)[C@@H](O)[C@H]([C@H](O)[C@H](O)CO)O2)[C@H]1O. The average molecular weight is 1250 g/mol. The molecule has 0 aromatic rings. The Kier molecular flexibility index (Phi) is 24.6. The van der Waals surface area contributed by atoms with Crippen LogP contribution in [-0.2, 0) is 71.3 Å². The molecular formula is C46H76N2O37. The predicted octanol–water partition coefficient (Wildman–Crippen LogP) is -15.4. The predicted molar refractivity (Wildman–Crippen MR) is 257 cm³/mol. The molecule has 32 atom stereocenters. The minimum Gasteiger partial charge on any atom is -0.477 e. The van der Waals surface area contributed by atoms with E-state index < -0.39 is 272 Å². The van der Waals surface area contributed by atoms with Gasteiger partial charge in [-0.05, 0) is 0 Å². The van der Waals surface area contributed by atoms with Crippen LogP contribution < -0.4 is 10.6 Å². The van der Waals surface area contributed by atoms with Gasteiger partial charge in [0, 0.05) is 26.7 Å².